The van der Waals surface area contributed by atoms with E-state index in [2.05, 4.69) is 55.8 Å². The molecule has 0 aromatic heterocycles. The van der Waals surface area contributed by atoms with Crippen molar-refractivity contribution in [3.05, 3.63) is 30.3 Å². The fourth-order valence-electron chi connectivity index (χ4n) is 2.89. The summed E-state index contributed by atoms with van der Waals surface area (Å²) in [5.41, 5.74) is 1.14. The van der Waals surface area contributed by atoms with E-state index in [9.17, 15) is 5.11 Å². The van der Waals surface area contributed by atoms with Gasteiger partial charge >= 0.3 is 0 Å². The number of hydrogen-bond donors (Lipinski definition) is 4. The van der Waals surface area contributed by atoms with Gasteiger partial charge in [-0.15, -0.1) is 0 Å². The van der Waals surface area contributed by atoms with Crippen LogP contribution in [0.3, 0.4) is 0 Å². The molecule has 2 unspecified atom stereocenters. The van der Waals surface area contributed by atoms with Gasteiger partial charge in [-0.3, -0.25) is 4.99 Å². The Labute approximate surface area is 159 Å². The Bertz CT molecular complexity index is 484. The predicted molar refractivity (Wildman–Crippen MR) is 113 cm³/mol. The van der Waals surface area contributed by atoms with E-state index in [0.717, 1.165) is 50.5 Å². The monoisotopic (exact) mass is 362 g/mol. The molecule has 1 rings (SSSR count). The highest BCUT2D eigenvalue weighted by Crippen LogP contribution is 2.12. The SMILES string of the molecule is CCCC(CCO)CN=C(NCC)NCC(Nc1ccccc1)C(C)C. The number of aliphatic hydroxyl groups excluding tert-OH is 1. The normalized spacial score (nSPS) is 14.2. The topological polar surface area (TPSA) is 68.7 Å². The molecule has 0 radical (unpaired) electrons. The summed E-state index contributed by atoms with van der Waals surface area (Å²) in [7, 11) is 0. The van der Waals surface area contributed by atoms with E-state index >= 15 is 0 Å². The molecule has 0 aliphatic carbocycles. The van der Waals surface area contributed by atoms with E-state index in [4.69, 9.17) is 4.99 Å². The molecule has 1 aromatic carbocycles. The van der Waals surface area contributed by atoms with Gasteiger partial charge in [0.2, 0.25) is 0 Å². The number of hydrogen-bond acceptors (Lipinski definition) is 3. The second-order valence-corrected chi connectivity index (χ2v) is 7.13. The first kappa shape index (κ1) is 22.3. The number of para-hydroxylation sites is 1. The fraction of sp³-hybridized carbons (Fsp3) is 0.667. The summed E-state index contributed by atoms with van der Waals surface area (Å²) in [6.07, 6.45) is 3.05. The number of guanidine groups is 1. The Morgan fingerprint density at radius 1 is 1.08 bits per heavy atom. The third kappa shape index (κ3) is 9.09. The molecule has 0 saturated heterocycles. The molecule has 0 heterocycles. The quantitative estimate of drug-likeness (QED) is 0.339. The van der Waals surface area contributed by atoms with Crippen molar-refractivity contribution in [3.63, 3.8) is 0 Å². The summed E-state index contributed by atoms with van der Waals surface area (Å²) in [6.45, 7) is 11.3. The molecule has 0 saturated carbocycles. The Morgan fingerprint density at radius 2 is 1.81 bits per heavy atom. The van der Waals surface area contributed by atoms with Crippen molar-refractivity contribution in [1.82, 2.24) is 10.6 Å². The maximum atomic E-state index is 9.22. The van der Waals surface area contributed by atoms with Gasteiger partial charge in [-0.1, -0.05) is 45.4 Å². The Kier molecular flexibility index (Phi) is 11.5. The zero-order valence-corrected chi connectivity index (χ0v) is 17.0. The van der Waals surface area contributed by atoms with Crippen LogP contribution in [0.5, 0.6) is 0 Å². The molecule has 4 N–H and O–H groups in total. The predicted octanol–water partition coefficient (Wildman–Crippen LogP) is 3.48. The molecule has 0 amide bonds. The first-order chi connectivity index (χ1) is 12.6. The van der Waals surface area contributed by atoms with Crippen LogP contribution in [0.25, 0.3) is 0 Å². The highest BCUT2D eigenvalue weighted by molar-refractivity contribution is 5.79. The van der Waals surface area contributed by atoms with Crippen molar-refractivity contribution in [2.45, 2.75) is 53.0 Å². The summed E-state index contributed by atoms with van der Waals surface area (Å²) in [6, 6.07) is 10.6. The van der Waals surface area contributed by atoms with Crippen molar-refractivity contribution in [3.8, 4) is 0 Å². The van der Waals surface area contributed by atoms with Crippen LogP contribution < -0.4 is 16.0 Å². The van der Waals surface area contributed by atoms with Gasteiger partial charge in [-0.25, -0.2) is 0 Å². The first-order valence-electron chi connectivity index (χ1n) is 10.0. The Morgan fingerprint density at radius 3 is 2.38 bits per heavy atom. The van der Waals surface area contributed by atoms with Gasteiger partial charge in [0.15, 0.2) is 5.96 Å². The Hall–Kier alpha value is -1.75. The van der Waals surface area contributed by atoms with Crippen LogP contribution in [0.2, 0.25) is 0 Å². The number of aliphatic hydroxyl groups is 1. The molecule has 0 spiro atoms. The lowest BCUT2D eigenvalue weighted by Gasteiger charge is -2.25. The molecule has 2 atom stereocenters. The van der Waals surface area contributed by atoms with Crippen molar-refractivity contribution in [2.24, 2.45) is 16.8 Å². The van der Waals surface area contributed by atoms with Crippen molar-refractivity contribution in [1.29, 1.82) is 0 Å². The van der Waals surface area contributed by atoms with Crippen LogP contribution in [-0.2, 0) is 0 Å². The van der Waals surface area contributed by atoms with E-state index in [1.807, 2.05) is 18.2 Å². The van der Waals surface area contributed by atoms with Crippen molar-refractivity contribution < 1.29 is 5.11 Å². The average molecular weight is 363 g/mol. The fourth-order valence-corrected chi connectivity index (χ4v) is 2.89. The van der Waals surface area contributed by atoms with Crippen LogP contribution >= 0.6 is 0 Å². The zero-order chi connectivity index (χ0) is 19.2. The number of anilines is 1. The van der Waals surface area contributed by atoms with Gasteiger partial charge < -0.3 is 21.1 Å². The first-order valence-corrected chi connectivity index (χ1v) is 10.0. The second-order valence-electron chi connectivity index (χ2n) is 7.13. The molecule has 0 aliphatic heterocycles. The van der Waals surface area contributed by atoms with Crippen LogP contribution in [-0.4, -0.2) is 43.3 Å². The number of rotatable bonds is 12. The zero-order valence-electron chi connectivity index (χ0n) is 17.0. The molecule has 5 heteroatoms. The summed E-state index contributed by atoms with van der Waals surface area (Å²) >= 11 is 0. The van der Waals surface area contributed by atoms with Gasteiger partial charge in [0, 0.05) is 38.0 Å². The van der Waals surface area contributed by atoms with Gasteiger partial charge in [-0.05, 0) is 43.7 Å². The molecule has 26 heavy (non-hydrogen) atoms. The molecular weight excluding hydrogens is 324 g/mol. The van der Waals surface area contributed by atoms with E-state index in [1.54, 1.807) is 0 Å². The van der Waals surface area contributed by atoms with Gasteiger partial charge in [0.1, 0.15) is 0 Å². The highest BCUT2D eigenvalue weighted by Gasteiger charge is 2.14. The molecule has 148 valence electrons. The maximum Gasteiger partial charge on any atom is 0.191 e. The molecule has 0 bridgehead atoms. The largest absolute Gasteiger partial charge is 0.396 e. The minimum absolute atomic E-state index is 0.237. The lowest BCUT2D eigenvalue weighted by Crippen LogP contribution is -2.45. The Balaban J connectivity index is 2.63. The van der Waals surface area contributed by atoms with Gasteiger partial charge in [0.25, 0.3) is 0 Å². The molecule has 1 aromatic rings. The highest BCUT2D eigenvalue weighted by atomic mass is 16.3. The second kappa shape index (κ2) is 13.5. The molecule has 0 fully saturated rings. The minimum atomic E-state index is 0.237. The van der Waals surface area contributed by atoms with E-state index in [0.29, 0.717) is 17.9 Å². The van der Waals surface area contributed by atoms with Crippen LogP contribution in [0, 0.1) is 11.8 Å². The lowest BCUT2D eigenvalue weighted by molar-refractivity contribution is 0.253. The number of benzene rings is 1. The standard InChI is InChI=1S/C21H38N4O/c1-5-10-18(13-14-26)15-23-21(22-6-2)24-16-20(17(3)4)25-19-11-8-7-9-12-19/h7-9,11-12,17-18,20,25-26H,5-6,10,13-16H2,1-4H3,(H2,22,23,24). The molecular formula is C21H38N4O. The number of aliphatic imine (C=N–C) groups is 1. The summed E-state index contributed by atoms with van der Waals surface area (Å²) < 4.78 is 0. The van der Waals surface area contributed by atoms with E-state index < -0.39 is 0 Å². The van der Waals surface area contributed by atoms with Crippen LogP contribution in [0.15, 0.2) is 35.3 Å². The third-order valence-corrected chi connectivity index (χ3v) is 4.51. The average Bonchev–Trinajstić information content (AvgIpc) is 2.63. The lowest BCUT2D eigenvalue weighted by atomic mass is 10.0. The third-order valence-electron chi connectivity index (χ3n) is 4.51. The number of nitrogens with zero attached hydrogens (tertiary/aromatic N) is 1. The van der Waals surface area contributed by atoms with Crippen LogP contribution in [0.4, 0.5) is 5.69 Å². The smallest absolute Gasteiger partial charge is 0.191 e. The van der Waals surface area contributed by atoms with Crippen LogP contribution in [0.1, 0.15) is 47.0 Å². The van der Waals surface area contributed by atoms with E-state index in [1.165, 1.54) is 0 Å². The molecule has 0 aliphatic rings. The number of nitrogens with one attached hydrogen (secondary N) is 3. The summed E-state index contributed by atoms with van der Waals surface area (Å²) in [4.78, 5) is 4.74. The summed E-state index contributed by atoms with van der Waals surface area (Å²) in [5.74, 6) is 1.80. The van der Waals surface area contributed by atoms with Crippen molar-refractivity contribution in [2.75, 3.05) is 31.6 Å². The summed E-state index contributed by atoms with van der Waals surface area (Å²) in [5, 5.41) is 19.6. The van der Waals surface area contributed by atoms with Crippen molar-refractivity contribution >= 4 is 11.6 Å². The van der Waals surface area contributed by atoms with Gasteiger partial charge in [-0.2, -0.15) is 0 Å². The van der Waals surface area contributed by atoms with E-state index in [-0.39, 0.29) is 6.61 Å². The maximum absolute atomic E-state index is 9.22. The molecule has 5 nitrogen and oxygen atoms in total. The minimum Gasteiger partial charge on any atom is -0.396 e. The van der Waals surface area contributed by atoms with Gasteiger partial charge in [0.05, 0.1) is 0 Å².